The summed E-state index contributed by atoms with van der Waals surface area (Å²) in [4.78, 5) is 27.7. The van der Waals surface area contributed by atoms with Crippen LogP contribution in [0.25, 0.3) is 17.0 Å². The third kappa shape index (κ3) is 4.68. The van der Waals surface area contributed by atoms with E-state index in [4.69, 9.17) is 27.9 Å². The van der Waals surface area contributed by atoms with Crippen molar-refractivity contribution >= 4 is 46.6 Å². The lowest BCUT2D eigenvalue weighted by atomic mass is 9.92. The van der Waals surface area contributed by atoms with Gasteiger partial charge in [-0.15, -0.1) is 5.10 Å². The van der Waals surface area contributed by atoms with Crippen LogP contribution in [0.4, 0.5) is 10.5 Å². The predicted molar refractivity (Wildman–Crippen MR) is 113 cm³/mol. The fraction of sp³-hybridized carbons (Fsp3) is 0.368. The summed E-state index contributed by atoms with van der Waals surface area (Å²) < 4.78 is 11.0. The van der Waals surface area contributed by atoms with Gasteiger partial charge in [0, 0.05) is 16.0 Å². The number of hydrogen-bond acceptors (Lipinski definition) is 6. The Bertz CT molecular complexity index is 1100. The SMILES string of the molecule is COC(=O)CCOC(=O)Nc1ccc(Cl)cc1-c1nc2c(Cl)c(C(C)(C)C)[nH]n2n1. The van der Waals surface area contributed by atoms with Crippen molar-refractivity contribution in [3.8, 4) is 11.4 Å². The highest BCUT2D eigenvalue weighted by Gasteiger charge is 2.25. The standard InChI is InChI=1S/C19H21Cl2N5O4/c1-19(2,3)15-14(21)17-23-16(25-26(17)24-15)11-9-10(20)5-6-12(11)22-18(28)30-8-7-13(27)29-4/h5-6,9,24H,7-8H2,1-4H3,(H,22,28). The molecule has 3 rings (SSSR count). The fourth-order valence-electron chi connectivity index (χ4n) is 2.70. The Morgan fingerprint density at radius 1 is 1.27 bits per heavy atom. The van der Waals surface area contributed by atoms with Crippen LogP contribution >= 0.6 is 23.2 Å². The van der Waals surface area contributed by atoms with Crippen LogP contribution in [0.1, 0.15) is 32.9 Å². The monoisotopic (exact) mass is 453 g/mol. The lowest BCUT2D eigenvalue weighted by Gasteiger charge is -2.16. The van der Waals surface area contributed by atoms with Crippen molar-refractivity contribution in [2.45, 2.75) is 32.6 Å². The van der Waals surface area contributed by atoms with E-state index < -0.39 is 12.1 Å². The lowest BCUT2D eigenvalue weighted by molar-refractivity contribution is -0.141. The van der Waals surface area contributed by atoms with Gasteiger partial charge in [-0.25, -0.2) is 9.78 Å². The van der Waals surface area contributed by atoms with Crippen molar-refractivity contribution in [3.05, 3.63) is 33.9 Å². The molecule has 160 valence electrons. The Morgan fingerprint density at radius 2 is 2.00 bits per heavy atom. The average Bonchev–Trinajstić information content (AvgIpc) is 3.22. The van der Waals surface area contributed by atoms with E-state index in [1.54, 1.807) is 18.2 Å². The summed E-state index contributed by atoms with van der Waals surface area (Å²) in [6.45, 7) is 5.96. The van der Waals surface area contributed by atoms with Crippen LogP contribution < -0.4 is 5.32 Å². The summed E-state index contributed by atoms with van der Waals surface area (Å²) in [6.07, 6.45) is -0.778. The molecule has 11 heteroatoms. The molecule has 0 unspecified atom stereocenters. The molecule has 1 amide bonds. The molecular formula is C19H21Cl2N5O4. The first-order valence-corrected chi connectivity index (χ1v) is 9.81. The number of anilines is 1. The van der Waals surface area contributed by atoms with E-state index in [2.05, 4.69) is 25.2 Å². The normalized spacial score (nSPS) is 11.5. The van der Waals surface area contributed by atoms with E-state index in [-0.39, 0.29) is 18.4 Å². The van der Waals surface area contributed by atoms with E-state index in [1.807, 2.05) is 20.8 Å². The van der Waals surface area contributed by atoms with Crippen molar-refractivity contribution in [3.63, 3.8) is 0 Å². The molecular weight excluding hydrogens is 433 g/mol. The van der Waals surface area contributed by atoms with Crippen molar-refractivity contribution in [2.75, 3.05) is 19.0 Å². The van der Waals surface area contributed by atoms with E-state index >= 15 is 0 Å². The maximum Gasteiger partial charge on any atom is 0.411 e. The van der Waals surface area contributed by atoms with Crippen LogP contribution in [0.3, 0.4) is 0 Å². The number of halogens is 2. The zero-order chi connectivity index (χ0) is 22.1. The number of aromatic nitrogens is 4. The van der Waals surface area contributed by atoms with Crippen LogP contribution in [0.2, 0.25) is 10.0 Å². The molecule has 0 atom stereocenters. The minimum atomic E-state index is -0.736. The number of fused-ring (bicyclic) bond motifs is 1. The Balaban J connectivity index is 1.86. The van der Waals surface area contributed by atoms with Crippen LogP contribution in [-0.2, 0) is 19.7 Å². The number of aromatic amines is 1. The van der Waals surface area contributed by atoms with Crippen molar-refractivity contribution in [1.29, 1.82) is 0 Å². The number of hydrogen-bond donors (Lipinski definition) is 2. The zero-order valence-corrected chi connectivity index (χ0v) is 18.4. The van der Waals surface area contributed by atoms with Crippen LogP contribution in [0, 0.1) is 0 Å². The van der Waals surface area contributed by atoms with Gasteiger partial charge in [0.25, 0.3) is 0 Å². The molecule has 0 aliphatic rings. The summed E-state index contributed by atoms with van der Waals surface area (Å²) in [6, 6.07) is 4.84. The summed E-state index contributed by atoms with van der Waals surface area (Å²) >= 11 is 12.6. The first-order chi connectivity index (χ1) is 14.1. The Labute approximate surface area is 182 Å². The quantitative estimate of drug-likeness (QED) is 0.552. The molecule has 0 fully saturated rings. The van der Waals surface area contributed by atoms with Crippen molar-refractivity contribution < 1.29 is 19.1 Å². The number of carbonyl (C=O) groups excluding carboxylic acids is 2. The number of amides is 1. The average molecular weight is 454 g/mol. The molecule has 3 aromatic rings. The van der Waals surface area contributed by atoms with Gasteiger partial charge >= 0.3 is 12.1 Å². The van der Waals surface area contributed by atoms with Gasteiger partial charge in [-0.3, -0.25) is 15.2 Å². The molecule has 0 aliphatic carbocycles. The van der Waals surface area contributed by atoms with Gasteiger partial charge in [-0.2, -0.15) is 4.63 Å². The Morgan fingerprint density at radius 3 is 2.63 bits per heavy atom. The summed E-state index contributed by atoms with van der Waals surface area (Å²) in [7, 11) is 1.26. The minimum Gasteiger partial charge on any atom is -0.469 e. The zero-order valence-electron chi connectivity index (χ0n) is 16.9. The third-order valence-corrected chi connectivity index (χ3v) is 4.81. The topological polar surface area (TPSA) is 111 Å². The number of carbonyl (C=O) groups is 2. The summed E-state index contributed by atoms with van der Waals surface area (Å²) in [5.74, 6) is -0.158. The predicted octanol–water partition coefficient (Wildman–Crippen LogP) is 4.44. The van der Waals surface area contributed by atoms with Gasteiger partial charge in [0.2, 0.25) is 0 Å². The highest BCUT2D eigenvalue weighted by Crippen LogP contribution is 2.34. The number of methoxy groups -OCH3 is 1. The molecule has 2 aromatic heterocycles. The number of esters is 1. The molecule has 0 radical (unpaired) electrons. The van der Waals surface area contributed by atoms with Gasteiger partial charge in [0.15, 0.2) is 11.5 Å². The van der Waals surface area contributed by atoms with E-state index in [9.17, 15) is 9.59 Å². The van der Waals surface area contributed by atoms with E-state index in [0.717, 1.165) is 5.69 Å². The first kappa shape index (κ1) is 21.9. The van der Waals surface area contributed by atoms with Crippen LogP contribution in [0.5, 0.6) is 0 Å². The minimum absolute atomic E-state index is 0.0423. The molecule has 30 heavy (non-hydrogen) atoms. The molecule has 1 aromatic carbocycles. The molecule has 0 saturated heterocycles. The highest BCUT2D eigenvalue weighted by molar-refractivity contribution is 6.34. The maximum absolute atomic E-state index is 12.1. The Kier molecular flexibility index (Phi) is 6.23. The van der Waals surface area contributed by atoms with Gasteiger partial charge in [-0.05, 0) is 18.2 Å². The number of rotatable bonds is 5. The van der Waals surface area contributed by atoms with Gasteiger partial charge < -0.3 is 9.47 Å². The van der Waals surface area contributed by atoms with Crippen LogP contribution in [0.15, 0.2) is 18.2 Å². The molecule has 2 heterocycles. The molecule has 0 spiro atoms. The highest BCUT2D eigenvalue weighted by atomic mass is 35.5. The number of benzene rings is 1. The number of H-pyrrole nitrogens is 1. The molecule has 0 bridgehead atoms. The van der Waals surface area contributed by atoms with Crippen molar-refractivity contribution in [1.82, 2.24) is 19.8 Å². The van der Waals surface area contributed by atoms with Gasteiger partial charge in [0.1, 0.15) is 11.6 Å². The lowest BCUT2D eigenvalue weighted by Crippen LogP contribution is -2.17. The second kappa shape index (κ2) is 8.53. The molecule has 2 N–H and O–H groups in total. The molecule has 0 saturated carbocycles. The van der Waals surface area contributed by atoms with Gasteiger partial charge in [0.05, 0.1) is 24.9 Å². The largest absolute Gasteiger partial charge is 0.469 e. The number of nitrogens with one attached hydrogen (secondary N) is 2. The molecule has 9 nitrogen and oxygen atoms in total. The fourth-order valence-corrected chi connectivity index (χ4v) is 3.32. The first-order valence-electron chi connectivity index (χ1n) is 9.05. The number of nitrogens with zero attached hydrogens (tertiary/aromatic N) is 3. The summed E-state index contributed by atoms with van der Waals surface area (Å²) in [5.41, 5.74) is 1.93. The Hall–Kier alpha value is -2.78. The van der Waals surface area contributed by atoms with E-state index in [0.29, 0.717) is 32.8 Å². The number of ether oxygens (including phenoxy) is 2. The second-order valence-electron chi connectivity index (χ2n) is 7.50. The third-order valence-electron chi connectivity index (χ3n) is 4.22. The summed E-state index contributed by atoms with van der Waals surface area (Å²) in [5, 5.41) is 11.1. The smallest absolute Gasteiger partial charge is 0.411 e. The molecule has 0 aliphatic heterocycles. The van der Waals surface area contributed by atoms with Crippen molar-refractivity contribution in [2.24, 2.45) is 0 Å². The maximum atomic E-state index is 12.1. The van der Waals surface area contributed by atoms with Gasteiger partial charge in [-0.1, -0.05) is 44.0 Å². The second-order valence-corrected chi connectivity index (χ2v) is 8.31. The van der Waals surface area contributed by atoms with Crippen LogP contribution in [-0.4, -0.2) is 45.6 Å². The van der Waals surface area contributed by atoms with E-state index in [1.165, 1.54) is 11.7 Å².